The van der Waals surface area contributed by atoms with Crippen LogP contribution in [-0.4, -0.2) is 40.4 Å². The maximum absolute atomic E-state index is 11.3. The summed E-state index contributed by atoms with van der Waals surface area (Å²) in [5, 5.41) is 0. The quantitative estimate of drug-likeness (QED) is 0.678. The highest BCUT2D eigenvalue weighted by Crippen LogP contribution is 2.19. The molecule has 0 amide bonds. The van der Waals surface area contributed by atoms with Gasteiger partial charge in [0.1, 0.15) is 0 Å². The standard InChI is InChI=1S/C11H17N3O/c1-8(15)11-12-7-10-6-9(13(2)3)4-5-14(10)11/h7,9H,4-6H2,1-3H3. The van der Waals surface area contributed by atoms with E-state index in [1.807, 2.05) is 6.20 Å². The predicted molar refractivity (Wildman–Crippen MR) is 58.0 cm³/mol. The number of hydrogen-bond donors (Lipinski definition) is 0. The van der Waals surface area contributed by atoms with Crippen molar-refractivity contribution in [2.75, 3.05) is 14.1 Å². The largest absolute Gasteiger partial charge is 0.326 e. The zero-order valence-corrected chi connectivity index (χ0v) is 9.53. The van der Waals surface area contributed by atoms with Crippen molar-refractivity contribution in [1.82, 2.24) is 14.5 Å². The molecule has 0 aliphatic carbocycles. The normalized spacial score (nSPS) is 20.4. The van der Waals surface area contributed by atoms with Crippen LogP contribution in [0.5, 0.6) is 0 Å². The summed E-state index contributed by atoms with van der Waals surface area (Å²) in [5.74, 6) is 0.673. The highest BCUT2D eigenvalue weighted by Gasteiger charge is 2.23. The van der Waals surface area contributed by atoms with Crippen molar-refractivity contribution in [2.24, 2.45) is 0 Å². The number of nitrogens with zero attached hydrogens (tertiary/aromatic N) is 3. The number of hydrogen-bond acceptors (Lipinski definition) is 3. The molecule has 15 heavy (non-hydrogen) atoms. The summed E-state index contributed by atoms with van der Waals surface area (Å²) >= 11 is 0. The van der Waals surface area contributed by atoms with E-state index in [1.54, 1.807) is 6.92 Å². The summed E-state index contributed by atoms with van der Waals surface area (Å²) in [6.45, 7) is 2.49. The number of rotatable bonds is 2. The van der Waals surface area contributed by atoms with Gasteiger partial charge in [-0.2, -0.15) is 0 Å². The van der Waals surface area contributed by atoms with Gasteiger partial charge < -0.3 is 9.47 Å². The summed E-state index contributed by atoms with van der Waals surface area (Å²) < 4.78 is 2.06. The summed E-state index contributed by atoms with van der Waals surface area (Å²) in [7, 11) is 4.20. The fourth-order valence-electron chi connectivity index (χ4n) is 2.17. The Bertz CT molecular complexity index is 381. The highest BCUT2D eigenvalue weighted by atomic mass is 16.1. The molecule has 1 aromatic rings. The summed E-state index contributed by atoms with van der Waals surface area (Å²) in [4.78, 5) is 17.7. The second-order valence-electron chi connectivity index (χ2n) is 4.39. The molecule has 0 bridgehead atoms. The van der Waals surface area contributed by atoms with Crippen LogP contribution >= 0.6 is 0 Å². The number of fused-ring (bicyclic) bond motifs is 1. The molecule has 2 rings (SSSR count). The summed E-state index contributed by atoms with van der Waals surface area (Å²) in [5.41, 5.74) is 1.19. The first-order valence-electron chi connectivity index (χ1n) is 5.31. The first kappa shape index (κ1) is 10.4. The van der Waals surface area contributed by atoms with E-state index in [4.69, 9.17) is 0 Å². The van der Waals surface area contributed by atoms with Crippen LogP contribution in [0.4, 0.5) is 0 Å². The van der Waals surface area contributed by atoms with Crippen LogP contribution in [0, 0.1) is 0 Å². The maximum atomic E-state index is 11.3. The van der Waals surface area contributed by atoms with Crippen LogP contribution in [-0.2, 0) is 13.0 Å². The first-order valence-corrected chi connectivity index (χ1v) is 5.31. The lowest BCUT2D eigenvalue weighted by molar-refractivity contribution is 0.0997. The molecule has 0 fully saturated rings. The van der Waals surface area contributed by atoms with Gasteiger partial charge in [-0.3, -0.25) is 4.79 Å². The number of carbonyl (C=O) groups excluding carboxylic acids is 1. The van der Waals surface area contributed by atoms with Gasteiger partial charge in [0.05, 0.1) is 0 Å². The topological polar surface area (TPSA) is 38.1 Å². The summed E-state index contributed by atoms with van der Waals surface area (Å²) in [6.07, 6.45) is 3.93. The number of likely N-dealkylation sites (N-methyl/N-ethyl adjacent to an activating group) is 1. The zero-order valence-electron chi connectivity index (χ0n) is 9.53. The Kier molecular flexibility index (Phi) is 2.61. The lowest BCUT2D eigenvalue weighted by Crippen LogP contribution is -2.35. The summed E-state index contributed by atoms with van der Waals surface area (Å²) in [6, 6.07) is 0.578. The number of imidazole rings is 1. The Balaban J connectivity index is 2.26. The van der Waals surface area contributed by atoms with Gasteiger partial charge in [0.25, 0.3) is 0 Å². The fraction of sp³-hybridized carbons (Fsp3) is 0.636. The lowest BCUT2D eigenvalue weighted by Gasteiger charge is -2.29. The van der Waals surface area contributed by atoms with E-state index in [2.05, 4.69) is 28.5 Å². The molecule has 0 saturated carbocycles. The third kappa shape index (κ3) is 1.81. The number of carbonyl (C=O) groups is 1. The third-order valence-corrected chi connectivity index (χ3v) is 3.11. The SMILES string of the molecule is CC(=O)c1ncc2n1CCC(N(C)C)C2. The molecule has 1 aromatic heterocycles. The molecule has 4 nitrogen and oxygen atoms in total. The van der Waals surface area contributed by atoms with Gasteiger partial charge in [-0.25, -0.2) is 4.98 Å². The highest BCUT2D eigenvalue weighted by molar-refractivity contribution is 5.90. The van der Waals surface area contributed by atoms with E-state index in [0.717, 1.165) is 19.4 Å². The molecule has 0 N–H and O–H groups in total. The van der Waals surface area contributed by atoms with E-state index >= 15 is 0 Å². The van der Waals surface area contributed by atoms with Crippen LogP contribution in [0.1, 0.15) is 29.7 Å². The predicted octanol–water partition coefficient (Wildman–Crippen LogP) is 0.962. The van der Waals surface area contributed by atoms with Crippen molar-refractivity contribution in [3.63, 3.8) is 0 Å². The fourth-order valence-corrected chi connectivity index (χ4v) is 2.17. The molecule has 1 unspecified atom stereocenters. The molecule has 2 heterocycles. The first-order chi connectivity index (χ1) is 7.09. The van der Waals surface area contributed by atoms with Gasteiger partial charge in [0.2, 0.25) is 0 Å². The van der Waals surface area contributed by atoms with Crippen molar-refractivity contribution in [1.29, 1.82) is 0 Å². The van der Waals surface area contributed by atoms with E-state index in [0.29, 0.717) is 11.9 Å². The van der Waals surface area contributed by atoms with Crippen molar-refractivity contribution in [3.05, 3.63) is 17.7 Å². The Morgan fingerprint density at radius 3 is 2.93 bits per heavy atom. The number of Topliss-reactive ketones (excluding diaryl/α,β-unsaturated/α-hetero) is 1. The van der Waals surface area contributed by atoms with E-state index in [-0.39, 0.29) is 5.78 Å². The van der Waals surface area contributed by atoms with Crippen LogP contribution in [0.3, 0.4) is 0 Å². The van der Waals surface area contributed by atoms with E-state index in [1.165, 1.54) is 5.69 Å². The second-order valence-corrected chi connectivity index (χ2v) is 4.39. The molecule has 1 atom stereocenters. The number of aromatic nitrogens is 2. The molecular weight excluding hydrogens is 190 g/mol. The Morgan fingerprint density at radius 2 is 2.33 bits per heavy atom. The molecule has 0 aromatic carbocycles. The van der Waals surface area contributed by atoms with Crippen molar-refractivity contribution < 1.29 is 4.79 Å². The Labute approximate surface area is 89.9 Å². The van der Waals surface area contributed by atoms with Crippen molar-refractivity contribution in [2.45, 2.75) is 32.4 Å². The van der Waals surface area contributed by atoms with E-state index in [9.17, 15) is 4.79 Å². The van der Waals surface area contributed by atoms with Crippen LogP contribution in [0.2, 0.25) is 0 Å². The maximum Gasteiger partial charge on any atom is 0.195 e. The smallest absolute Gasteiger partial charge is 0.195 e. The van der Waals surface area contributed by atoms with Crippen LogP contribution < -0.4 is 0 Å². The Morgan fingerprint density at radius 1 is 1.60 bits per heavy atom. The Hall–Kier alpha value is -1.16. The minimum Gasteiger partial charge on any atom is -0.326 e. The zero-order chi connectivity index (χ0) is 11.0. The molecule has 1 aliphatic rings. The molecule has 0 spiro atoms. The minimum absolute atomic E-state index is 0.0598. The lowest BCUT2D eigenvalue weighted by atomic mass is 10.0. The van der Waals surface area contributed by atoms with Crippen LogP contribution in [0.25, 0.3) is 0 Å². The monoisotopic (exact) mass is 207 g/mol. The number of ketones is 1. The van der Waals surface area contributed by atoms with E-state index < -0.39 is 0 Å². The average Bonchev–Trinajstić information content (AvgIpc) is 2.59. The molecule has 1 aliphatic heterocycles. The van der Waals surface area contributed by atoms with Gasteiger partial charge in [-0.05, 0) is 20.5 Å². The van der Waals surface area contributed by atoms with Crippen LogP contribution in [0.15, 0.2) is 6.20 Å². The second kappa shape index (κ2) is 3.77. The minimum atomic E-state index is 0.0598. The van der Waals surface area contributed by atoms with Gasteiger partial charge >= 0.3 is 0 Å². The molecular formula is C11H17N3O. The average molecular weight is 207 g/mol. The molecule has 82 valence electrons. The molecule has 0 saturated heterocycles. The van der Waals surface area contributed by atoms with Gasteiger partial charge in [-0.1, -0.05) is 0 Å². The van der Waals surface area contributed by atoms with Gasteiger partial charge in [0.15, 0.2) is 11.6 Å². The molecule has 0 radical (unpaired) electrons. The third-order valence-electron chi connectivity index (χ3n) is 3.11. The van der Waals surface area contributed by atoms with Gasteiger partial charge in [0, 0.05) is 37.8 Å². The van der Waals surface area contributed by atoms with Gasteiger partial charge in [-0.15, -0.1) is 0 Å². The molecule has 4 heteroatoms. The van der Waals surface area contributed by atoms with Crippen molar-refractivity contribution >= 4 is 5.78 Å². The van der Waals surface area contributed by atoms with Crippen molar-refractivity contribution in [3.8, 4) is 0 Å².